The Hall–Kier alpha value is -1.39. The first-order valence-corrected chi connectivity index (χ1v) is 6.91. The molecule has 2 rings (SSSR count). The van der Waals surface area contributed by atoms with E-state index in [-0.39, 0.29) is 6.04 Å². The van der Waals surface area contributed by atoms with Gasteiger partial charge in [-0.2, -0.15) is 0 Å². The lowest BCUT2D eigenvalue weighted by molar-refractivity contribution is -0.145. The van der Waals surface area contributed by atoms with Gasteiger partial charge in [-0.15, -0.1) is 0 Å². The summed E-state index contributed by atoms with van der Waals surface area (Å²) in [6.45, 7) is 6.36. The van der Waals surface area contributed by atoms with Crippen molar-refractivity contribution in [2.24, 2.45) is 0 Å². The summed E-state index contributed by atoms with van der Waals surface area (Å²) in [5, 5.41) is 12.5. The van der Waals surface area contributed by atoms with Gasteiger partial charge in [0.1, 0.15) is 6.04 Å². The summed E-state index contributed by atoms with van der Waals surface area (Å²) in [5.41, 5.74) is 2.50. The average Bonchev–Trinajstić information content (AvgIpc) is 2.46. The largest absolute Gasteiger partial charge is 0.480 e. The third kappa shape index (κ3) is 3.14. The number of nitrogens with one attached hydrogen (secondary N) is 1. The Morgan fingerprint density at radius 1 is 1.47 bits per heavy atom. The zero-order valence-electron chi connectivity index (χ0n) is 11.6. The molecule has 104 valence electrons. The topological polar surface area (TPSA) is 52.6 Å². The molecule has 0 aliphatic carbocycles. The van der Waals surface area contributed by atoms with E-state index in [4.69, 9.17) is 0 Å². The van der Waals surface area contributed by atoms with Crippen LogP contribution in [-0.2, 0) is 11.2 Å². The van der Waals surface area contributed by atoms with E-state index in [1.54, 1.807) is 0 Å². The number of piperazine rings is 1. The number of aliphatic carboxylic acids is 1. The Morgan fingerprint density at radius 3 is 2.74 bits per heavy atom. The summed E-state index contributed by atoms with van der Waals surface area (Å²) in [4.78, 5) is 13.4. The predicted octanol–water partition coefficient (Wildman–Crippen LogP) is 1.67. The van der Waals surface area contributed by atoms with Crippen LogP contribution in [0.1, 0.15) is 31.0 Å². The van der Waals surface area contributed by atoms with Crippen LogP contribution in [-0.4, -0.2) is 41.7 Å². The molecule has 2 unspecified atom stereocenters. The van der Waals surface area contributed by atoms with Gasteiger partial charge >= 0.3 is 5.97 Å². The van der Waals surface area contributed by atoms with Gasteiger partial charge in [0.2, 0.25) is 0 Å². The monoisotopic (exact) mass is 262 g/mol. The molecule has 1 saturated heterocycles. The zero-order chi connectivity index (χ0) is 13.8. The predicted molar refractivity (Wildman–Crippen MR) is 75.2 cm³/mol. The number of carbonyl (C=O) groups is 1. The third-order valence-electron chi connectivity index (χ3n) is 3.94. The number of carboxylic acid groups (broad SMARTS) is 1. The van der Waals surface area contributed by atoms with Crippen LogP contribution in [0.4, 0.5) is 0 Å². The maximum Gasteiger partial charge on any atom is 0.322 e. The number of carboxylic acids is 1. The van der Waals surface area contributed by atoms with E-state index < -0.39 is 12.0 Å². The second kappa shape index (κ2) is 6.17. The molecule has 1 aromatic carbocycles. The molecule has 0 bridgehead atoms. The molecular weight excluding hydrogens is 240 g/mol. The highest BCUT2D eigenvalue weighted by molar-refractivity contribution is 5.74. The molecule has 19 heavy (non-hydrogen) atoms. The minimum absolute atomic E-state index is 0.133. The van der Waals surface area contributed by atoms with E-state index in [0.717, 1.165) is 19.5 Å². The lowest BCUT2D eigenvalue weighted by Gasteiger charge is -2.38. The molecule has 0 spiro atoms. The van der Waals surface area contributed by atoms with Crippen molar-refractivity contribution in [3.8, 4) is 0 Å². The van der Waals surface area contributed by atoms with Crippen LogP contribution in [0.3, 0.4) is 0 Å². The maximum absolute atomic E-state index is 11.3. The minimum atomic E-state index is -0.746. The average molecular weight is 262 g/mol. The van der Waals surface area contributed by atoms with Crippen LogP contribution in [0, 0.1) is 0 Å². The Labute approximate surface area is 114 Å². The first-order chi connectivity index (χ1) is 9.13. The van der Waals surface area contributed by atoms with Gasteiger partial charge in [-0.1, -0.05) is 31.2 Å². The number of hydrogen-bond acceptors (Lipinski definition) is 3. The van der Waals surface area contributed by atoms with Crippen molar-refractivity contribution in [1.29, 1.82) is 0 Å². The Balaban J connectivity index is 2.15. The summed E-state index contributed by atoms with van der Waals surface area (Å²) >= 11 is 0. The summed E-state index contributed by atoms with van der Waals surface area (Å²) < 4.78 is 0. The van der Waals surface area contributed by atoms with E-state index >= 15 is 0 Å². The molecule has 0 aromatic heterocycles. The van der Waals surface area contributed by atoms with Crippen LogP contribution in [0.15, 0.2) is 24.3 Å². The van der Waals surface area contributed by atoms with Gasteiger partial charge in [-0.25, -0.2) is 0 Å². The van der Waals surface area contributed by atoms with Gasteiger partial charge in [0.05, 0.1) is 0 Å². The fourth-order valence-electron chi connectivity index (χ4n) is 2.64. The highest BCUT2D eigenvalue weighted by atomic mass is 16.4. The number of nitrogens with zero attached hydrogens (tertiary/aromatic N) is 1. The van der Waals surface area contributed by atoms with Crippen LogP contribution in [0.25, 0.3) is 0 Å². The van der Waals surface area contributed by atoms with E-state index in [0.29, 0.717) is 6.54 Å². The molecule has 4 nitrogen and oxygen atoms in total. The second-order valence-corrected chi connectivity index (χ2v) is 5.07. The summed E-state index contributed by atoms with van der Waals surface area (Å²) in [6, 6.07) is 8.19. The molecule has 1 aliphatic heterocycles. The van der Waals surface area contributed by atoms with E-state index in [9.17, 15) is 9.90 Å². The minimum Gasteiger partial charge on any atom is -0.480 e. The van der Waals surface area contributed by atoms with Crippen molar-refractivity contribution >= 4 is 5.97 Å². The zero-order valence-corrected chi connectivity index (χ0v) is 11.6. The van der Waals surface area contributed by atoms with Crippen molar-refractivity contribution in [3.63, 3.8) is 0 Å². The summed E-state index contributed by atoms with van der Waals surface area (Å²) in [6.07, 6.45) is 1.03. The second-order valence-electron chi connectivity index (χ2n) is 5.07. The lowest BCUT2D eigenvalue weighted by atomic mass is 10.0. The van der Waals surface area contributed by atoms with Crippen LogP contribution in [0.5, 0.6) is 0 Å². The van der Waals surface area contributed by atoms with Crippen LogP contribution >= 0.6 is 0 Å². The SMILES string of the molecule is CCc1ccc(C(C)N2CCNCC2C(=O)O)cc1. The van der Waals surface area contributed by atoms with Crippen molar-refractivity contribution in [3.05, 3.63) is 35.4 Å². The molecular formula is C15H22N2O2. The summed E-state index contributed by atoms with van der Waals surface area (Å²) in [5.74, 6) is -0.746. The van der Waals surface area contributed by atoms with Crippen LogP contribution in [0.2, 0.25) is 0 Å². The lowest BCUT2D eigenvalue weighted by Crippen LogP contribution is -2.55. The molecule has 4 heteroatoms. The van der Waals surface area contributed by atoms with Gasteiger partial charge in [0.25, 0.3) is 0 Å². The molecule has 1 aromatic rings. The molecule has 2 N–H and O–H groups in total. The van der Waals surface area contributed by atoms with Gasteiger partial charge in [0.15, 0.2) is 0 Å². The van der Waals surface area contributed by atoms with Crippen molar-refractivity contribution < 1.29 is 9.90 Å². The molecule has 2 atom stereocenters. The van der Waals surface area contributed by atoms with Gasteiger partial charge in [-0.05, 0) is 24.5 Å². The van der Waals surface area contributed by atoms with Gasteiger partial charge < -0.3 is 10.4 Å². The Kier molecular flexibility index (Phi) is 4.56. The molecule has 1 aliphatic rings. The van der Waals surface area contributed by atoms with Crippen molar-refractivity contribution in [2.45, 2.75) is 32.4 Å². The molecule has 1 heterocycles. The maximum atomic E-state index is 11.3. The highest BCUT2D eigenvalue weighted by Gasteiger charge is 2.31. The highest BCUT2D eigenvalue weighted by Crippen LogP contribution is 2.24. The van der Waals surface area contributed by atoms with Gasteiger partial charge in [0, 0.05) is 25.7 Å². The number of benzene rings is 1. The molecule has 0 radical (unpaired) electrons. The standard InChI is InChI=1S/C15H22N2O2/c1-3-12-4-6-13(7-5-12)11(2)17-9-8-16-10-14(17)15(18)19/h4-7,11,14,16H,3,8-10H2,1-2H3,(H,18,19). The quantitative estimate of drug-likeness (QED) is 0.866. The molecule has 0 amide bonds. The fraction of sp³-hybridized carbons (Fsp3) is 0.533. The Bertz CT molecular complexity index is 430. The molecule has 1 fully saturated rings. The van der Waals surface area contributed by atoms with Crippen molar-refractivity contribution in [1.82, 2.24) is 10.2 Å². The Morgan fingerprint density at radius 2 is 2.16 bits per heavy atom. The first-order valence-electron chi connectivity index (χ1n) is 6.91. The third-order valence-corrected chi connectivity index (χ3v) is 3.94. The summed E-state index contributed by atoms with van der Waals surface area (Å²) in [7, 11) is 0. The number of aryl methyl sites for hydroxylation is 1. The van der Waals surface area contributed by atoms with E-state index in [1.165, 1.54) is 11.1 Å². The van der Waals surface area contributed by atoms with Gasteiger partial charge in [-0.3, -0.25) is 9.69 Å². The number of rotatable bonds is 4. The van der Waals surface area contributed by atoms with Crippen LogP contribution < -0.4 is 5.32 Å². The molecule has 0 saturated carbocycles. The normalized spacial score (nSPS) is 22.1. The smallest absolute Gasteiger partial charge is 0.322 e. The van der Waals surface area contributed by atoms with E-state index in [1.807, 2.05) is 0 Å². The van der Waals surface area contributed by atoms with Crippen molar-refractivity contribution in [2.75, 3.05) is 19.6 Å². The van der Waals surface area contributed by atoms with E-state index in [2.05, 4.69) is 48.3 Å². The first kappa shape index (κ1) is 14.0. The fourth-order valence-corrected chi connectivity index (χ4v) is 2.64. The number of hydrogen-bond donors (Lipinski definition) is 2.